The Morgan fingerprint density at radius 1 is 1.20 bits per heavy atom. The monoisotopic (exact) mass is 417 g/mol. The van der Waals surface area contributed by atoms with Gasteiger partial charge in [-0.15, -0.1) is 0 Å². The number of nitrogen functional groups attached to an aromatic ring is 1. The summed E-state index contributed by atoms with van der Waals surface area (Å²) in [4.78, 5) is 12.2. The largest absolute Gasteiger partial charge is 0.504 e. The van der Waals surface area contributed by atoms with Gasteiger partial charge in [-0.1, -0.05) is 6.07 Å². The van der Waals surface area contributed by atoms with Gasteiger partial charge in [-0.2, -0.15) is 0 Å². The van der Waals surface area contributed by atoms with Crippen LogP contribution in [0.2, 0.25) is 0 Å². The van der Waals surface area contributed by atoms with E-state index in [4.69, 9.17) is 19.9 Å². The van der Waals surface area contributed by atoms with Gasteiger partial charge in [0.05, 0.1) is 26.7 Å². The van der Waals surface area contributed by atoms with Crippen LogP contribution in [0.15, 0.2) is 30.9 Å². The van der Waals surface area contributed by atoms with Crippen molar-refractivity contribution in [1.29, 1.82) is 0 Å². The van der Waals surface area contributed by atoms with Crippen molar-refractivity contribution in [3.8, 4) is 11.5 Å². The molecule has 1 aromatic carbocycles. The van der Waals surface area contributed by atoms with Gasteiger partial charge in [-0.3, -0.25) is 4.57 Å². The molecule has 0 aliphatic carbocycles. The first-order valence-corrected chi connectivity index (χ1v) is 9.38. The van der Waals surface area contributed by atoms with Crippen molar-refractivity contribution < 1.29 is 29.5 Å². The number of methoxy groups -OCH3 is 1. The minimum absolute atomic E-state index is 0.0625. The number of anilines is 1. The van der Waals surface area contributed by atoms with E-state index in [1.165, 1.54) is 24.3 Å². The van der Waals surface area contributed by atoms with E-state index in [1.807, 2.05) is 6.07 Å². The van der Waals surface area contributed by atoms with E-state index in [9.17, 15) is 15.3 Å². The zero-order chi connectivity index (χ0) is 21.3. The molecule has 5 N–H and O–H groups in total. The lowest BCUT2D eigenvalue weighted by Gasteiger charge is -2.16. The first-order chi connectivity index (χ1) is 14.5. The summed E-state index contributed by atoms with van der Waals surface area (Å²) in [6, 6.07) is 5.13. The summed E-state index contributed by atoms with van der Waals surface area (Å²) in [5, 5.41) is 30.6. The van der Waals surface area contributed by atoms with Crippen LogP contribution < -0.4 is 10.5 Å². The number of phenols is 1. The number of nitrogens with two attached hydrogens (primary N) is 1. The third kappa shape index (κ3) is 3.75. The lowest BCUT2D eigenvalue weighted by atomic mass is 10.1. The Hall–Kier alpha value is -2.99. The molecular weight excluding hydrogens is 394 g/mol. The number of ether oxygens (including phenoxy) is 3. The third-order valence-corrected chi connectivity index (χ3v) is 5.06. The van der Waals surface area contributed by atoms with Gasteiger partial charge in [0.1, 0.15) is 30.2 Å². The van der Waals surface area contributed by atoms with Gasteiger partial charge in [0.15, 0.2) is 29.2 Å². The lowest BCUT2D eigenvalue weighted by Crippen LogP contribution is -2.34. The van der Waals surface area contributed by atoms with Crippen molar-refractivity contribution in [3.63, 3.8) is 0 Å². The van der Waals surface area contributed by atoms with Crippen LogP contribution >= 0.6 is 0 Å². The lowest BCUT2D eigenvalue weighted by molar-refractivity contribution is -0.0650. The Kier molecular flexibility index (Phi) is 5.68. The SMILES string of the molecule is COc1ccc(CCOC[C@H]2O[C@@H](n3cnc4c(N)ncnc43)[C@H](O)[C@@H]2O)cc1O. The maximum atomic E-state index is 10.4. The molecule has 1 saturated heterocycles. The second kappa shape index (κ2) is 8.40. The summed E-state index contributed by atoms with van der Waals surface area (Å²) in [5.41, 5.74) is 7.46. The van der Waals surface area contributed by atoms with Gasteiger partial charge in [-0.05, 0) is 24.1 Å². The molecule has 4 atom stereocenters. The highest BCUT2D eigenvalue weighted by Gasteiger charge is 2.44. The Balaban J connectivity index is 1.35. The van der Waals surface area contributed by atoms with E-state index >= 15 is 0 Å². The van der Waals surface area contributed by atoms with E-state index in [1.54, 1.807) is 12.1 Å². The molecule has 11 nitrogen and oxygen atoms in total. The zero-order valence-corrected chi connectivity index (χ0v) is 16.3. The average Bonchev–Trinajstić information content (AvgIpc) is 3.28. The topological polar surface area (TPSA) is 158 Å². The summed E-state index contributed by atoms with van der Waals surface area (Å²) in [6.07, 6.45) is -0.657. The van der Waals surface area contributed by atoms with Crippen molar-refractivity contribution in [2.24, 2.45) is 0 Å². The van der Waals surface area contributed by atoms with Crippen LogP contribution in [0.4, 0.5) is 5.82 Å². The number of phenolic OH excluding ortho intramolecular Hbond substituents is 1. The molecule has 0 amide bonds. The molecule has 2 aromatic heterocycles. The molecule has 4 rings (SSSR count). The maximum absolute atomic E-state index is 10.4. The maximum Gasteiger partial charge on any atom is 0.167 e. The van der Waals surface area contributed by atoms with Crippen LogP contribution in [-0.4, -0.2) is 73.5 Å². The number of aromatic hydroxyl groups is 1. The third-order valence-electron chi connectivity index (χ3n) is 5.06. The van der Waals surface area contributed by atoms with Crippen molar-refractivity contribution in [1.82, 2.24) is 19.5 Å². The zero-order valence-electron chi connectivity index (χ0n) is 16.3. The minimum atomic E-state index is -1.19. The van der Waals surface area contributed by atoms with E-state index in [0.717, 1.165) is 5.56 Å². The van der Waals surface area contributed by atoms with Gasteiger partial charge in [-0.25, -0.2) is 15.0 Å². The standard InChI is InChI=1S/C19H23N5O6/c1-28-12-3-2-10(6-11(12)25)4-5-29-7-13-15(26)16(27)19(30-13)24-9-23-14-17(20)21-8-22-18(14)24/h2-3,6,8-9,13,15-16,19,25-27H,4-5,7H2,1H3,(H2,20,21,22)/t13-,15-,16-,19-/m1/s1. The number of benzene rings is 1. The van der Waals surface area contributed by atoms with Gasteiger partial charge in [0, 0.05) is 0 Å². The highest BCUT2D eigenvalue weighted by atomic mass is 16.6. The average molecular weight is 417 g/mol. The van der Waals surface area contributed by atoms with Crippen LogP contribution in [0.25, 0.3) is 11.2 Å². The first-order valence-electron chi connectivity index (χ1n) is 9.38. The normalized spacial score (nSPS) is 23.8. The molecule has 3 aromatic rings. The number of hydrogen-bond donors (Lipinski definition) is 4. The molecule has 0 radical (unpaired) electrons. The van der Waals surface area contributed by atoms with Crippen molar-refractivity contribution in [2.75, 3.05) is 26.1 Å². The predicted molar refractivity (Wildman–Crippen MR) is 105 cm³/mol. The van der Waals surface area contributed by atoms with Gasteiger partial charge >= 0.3 is 0 Å². The van der Waals surface area contributed by atoms with Crippen molar-refractivity contribution in [2.45, 2.75) is 31.0 Å². The number of aromatic nitrogens is 4. The second-order valence-corrected chi connectivity index (χ2v) is 6.96. The molecule has 0 spiro atoms. The fourth-order valence-electron chi connectivity index (χ4n) is 3.43. The van der Waals surface area contributed by atoms with E-state index in [-0.39, 0.29) is 18.2 Å². The smallest absolute Gasteiger partial charge is 0.167 e. The summed E-state index contributed by atoms with van der Waals surface area (Å²) in [6.45, 7) is 0.428. The van der Waals surface area contributed by atoms with Gasteiger partial charge < -0.3 is 35.3 Å². The van der Waals surface area contributed by atoms with E-state index < -0.39 is 24.5 Å². The second-order valence-electron chi connectivity index (χ2n) is 6.96. The Morgan fingerprint density at radius 3 is 2.80 bits per heavy atom. The Bertz CT molecular complexity index is 1030. The van der Waals surface area contributed by atoms with Crippen LogP contribution in [0.5, 0.6) is 11.5 Å². The summed E-state index contributed by atoms with van der Waals surface area (Å²) < 4.78 is 18.0. The number of nitrogens with zero attached hydrogens (tertiary/aromatic N) is 4. The molecule has 1 aliphatic heterocycles. The van der Waals surface area contributed by atoms with Crippen molar-refractivity contribution in [3.05, 3.63) is 36.4 Å². The molecule has 30 heavy (non-hydrogen) atoms. The molecular formula is C19H23N5O6. The van der Waals surface area contributed by atoms with Crippen molar-refractivity contribution >= 4 is 17.0 Å². The summed E-state index contributed by atoms with van der Waals surface area (Å²) in [7, 11) is 1.49. The molecule has 11 heteroatoms. The molecule has 1 aliphatic rings. The molecule has 0 unspecified atom stereocenters. The minimum Gasteiger partial charge on any atom is -0.504 e. The first kappa shape index (κ1) is 20.3. The van der Waals surface area contributed by atoms with Crippen LogP contribution in [-0.2, 0) is 15.9 Å². The van der Waals surface area contributed by atoms with Crippen LogP contribution in [0.3, 0.4) is 0 Å². The van der Waals surface area contributed by atoms with Crippen LogP contribution in [0.1, 0.15) is 11.8 Å². The van der Waals surface area contributed by atoms with Gasteiger partial charge in [0.2, 0.25) is 0 Å². The molecule has 3 heterocycles. The predicted octanol–water partition coefficient (Wildman–Crippen LogP) is 0.00120. The van der Waals surface area contributed by atoms with E-state index in [0.29, 0.717) is 29.9 Å². The number of aliphatic hydroxyl groups is 2. The molecule has 0 saturated carbocycles. The molecule has 160 valence electrons. The number of rotatable bonds is 7. The fraction of sp³-hybridized carbons (Fsp3) is 0.421. The number of fused-ring (bicyclic) bond motifs is 1. The molecule has 1 fully saturated rings. The Morgan fingerprint density at radius 2 is 2.03 bits per heavy atom. The fourth-order valence-corrected chi connectivity index (χ4v) is 3.43. The van der Waals surface area contributed by atoms with E-state index in [2.05, 4.69) is 15.0 Å². The number of imidazole rings is 1. The van der Waals surface area contributed by atoms with Crippen LogP contribution in [0, 0.1) is 0 Å². The highest BCUT2D eigenvalue weighted by Crippen LogP contribution is 2.32. The molecule has 0 bridgehead atoms. The number of aliphatic hydroxyl groups excluding tert-OH is 2. The quantitative estimate of drug-likeness (QED) is 0.386. The summed E-state index contributed by atoms with van der Waals surface area (Å²) >= 11 is 0. The number of hydrogen-bond acceptors (Lipinski definition) is 10. The van der Waals surface area contributed by atoms with Gasteiger partial charge in [0.25, 0.3) is 0 Å². The Labute approximate surface area is 171 Å². The highest BCUT2D eigenvalue weighted by molar-refractivity contribution is 5.81. The summed E-state index contributed by atoms with van der Waals surface area (Å²) in [5.74, 6) is 0.685.